The molecule has 13 heteroatoms. The molecule has 6 aromatic heterocycles. The van der Waals surface area contributed by atoms with Crippen molar-refractivity contribution in [1.82, 2.24) is 39.9 Å². The van der Waals surface area contributed by atoms with Crippen LogP contribution in [0.3, 0.4) is 0 Å². The van der Waals surface area contributed by atoms with Crippen LogP contribution in [0.4, 0.5) is 23.3 Å². The second kappa shape index (κ2) is 18.1. The van der Waals surface area contributed by atoms with Crippen molar-refractivity contribution >= 4 is 67.4 Å². The Morgan fingerprint density at radius 3 is 1.80 bits per heavy atom. The smallest absolute Gasteiger partial charge is 0.182 e. The van der Waals surface area contributed by atoms with E-state index >= 15 is 0 Å². The summed E-state index contributed by atoms with van der Waals surface area (Å²) in [6, 6.07) is 24.8. The summed E-state index contributed by atoms with van der Waals surface area (Å²) in [5, 5.41) is 12.4. The Morgan fingerprint density at radius 2 is 1.20 bits per heavy atom. The standard InChI is InChI=1S/C20H22N6O.C20H20N6.C2H6/c1-27-10-2-8-22-18-6-5-16-20(25-18)26-19(13-23-16)24-12-14-3-4-15-7-9-21-17(15)11-14;1-2-10-26(9-1)19-6-5-16-20(25-19)24-18(13-22-16)23-12-14-3-4-15-7-8-21-17(15)11-14;1-2/h3-7,9,11,13,21H,2,8,10,12H2,1H3,(H2,22,24,25,26);3-8,11,13,21H,1-2,9-10,12H2,(H,23,24,25);1-2H3. The fourth-order valence-electron chi connectivity index (χ4n) is 6.40. The van der Waals surface area contributed by atoms with E-state index in [0.717, 1.165) is 72.2 Å². The van der Waals surface area contributed by atoms with Gasteiger partial charge in [-0.25, -0.2) is 29.9 Å². The molecular formula is C42H48N12O. The van der Waals surface area contributed by atoms with Crippen LogP contribution < -0.4 is 20.9 Å². The van der Waals surface area contributed by atoms with Crippen LogP contribution in [0, 0.1) is 0 Å². The number of H-pyrrole nitrogens is 2. The summed E-state index contributed by atoms with van der Waals surface area (Å²) in [5.41, 5.74) is 7.56. The molecule has 0 amide bonds. The summed E-state index contributed by atoms with van der Waals surface area (Å²) in [6.07, 6.45) is 10.8. The maximum absolute atomic E-state index is 5.06. The highest BCUT2D eigenvalue weighted by molar-refractivity contribution is 5.81. The second-order valence-corrected chi connectivity index (χ2v) is 13.0. The molecule has 13 nitrogen and oxygen atoms in total. The third kappa shape index (κ3) is 9.43. The van der Waals surface area contributed by atoms with E-state index in [4.69, 9.17) is 9.72 Å². The number of pyridine rings is 2. The Balaban J connectivity index is 0.000000162. The van der Waals surface area contributed by atoms with E-state index in [9.17, 15) is 0 Å². The zero-order valence-electron chi connectivity index (χ0n) is 31.6. The minimum Gasteiger partial charge on any atom is -0.385 e. The molecule has 1 saturated heterocycles. The topological polar surface area (TPSA) is 157 Å². The molecule has 1 fully saturated rings. The molecule has 55 heavy (non-hydrogen) atoms. The SMILES string of the molecule is CC.COCCCNc1ccc2ncc(NCc3ccc4cc[nH]c4c3)nc2n1.c1cc2ccc(CNc3cnc4ccc(N5CCCC5)nc4n3)cc2[nH]1. The molecule has 8 aromatic rings. The number of methoxy groups -OCH3 is 1. The number of hydrogen-bond donors (Lipinski definition) is 5. The number of rotatable bonds is 12. The first-order chi connectivity index (χ1) is 27.2. The molecule has 2 aromatic carbocycles. The van der Waals surface area contributed by atoms with E-state index in [1.807, 2.05) is 50.5 Å². The number of anilines is 4. The first kappa shape index (κ1) is 37.0. The Bertz CT molecular complexity index is 2450. The summed E-state index contributed by atoms with van der Waals surface area (Å²) in [5.74, 6) is 3.24. The van der Waals surface area contributed by atoms with Gasteiger partial charge in [-0.2, -0.15) is 0 Å². The normalized spacial score (nSPS) is 12.4. The van der Waals surface area contributed by atoms with Crippen molar-refractivity contribution < 1.29 is 4.74 Å². The van der Waals surface area contributed by atoms with E-state index in [2.05, 4.69) is 104 Å². The lowest BCUT2D eigenvalue weighted by Gasteiger charge is -2.16. The summed E-state index contributed by atoms with van der Waals surface area (Å²) >= 11 is 0. The number of benzene rings is 2. The molecule has 0 atom stereocenters. The van der Waals surface area contributed by atoms with Crippen LogP contribution in [-0.4, -0.2) is 73.2 Å². The third-order valence-corrected chi connectivity index (χ3v) is 9.25. The van der Waals surface area contributed by atoms with Gasteiger partial charge in [0.25, 0.3) is 0 Å². The lowest BCUT2D eigenvalue weighted by molar-refractivity contribution is 0.198. The van der Waals surface area contributed by atoms with Crippen molar-refractivity contribution in [2.24, 2.45) is 0 Å². The fourth-order valence-corrected chi connectivity index (χ4v) is 6.40. The minimum atomic E-state index is 0.622. The van der Waals surface area contributed by atoms with Crippen molar-refractivity contribution in [1.29, 1.82) is 0 Å². The van der Waals surface area contributed by atoms with Crippen molar-refractivity contribution in [3.63, 3.8) is 0 Å². The van der Waals surface area contributed by atoms with Crippen molar-refractivity contribution in [3.8, 4) is 0 Å². The van der Waals surface area contributed by atoms with Crippen LogP contribution in [-0.2, 0) is 17.8 Å². The van der Waals surface area contributed by atoms with Gasteiger partial charge in [0, 0.05) is 69.9 Å². The van der Waals surface area contributed by atoms with Gasteiger partial charge in [-0.1, -0.05) is 38.1 Å². The number of nitrogens with zero attached hydrogens (tertiary/aromatic N) is 7. The van der Waals surface area contributed by atoms with Gasteiger partial charge in [0.05, 0.1) is 12.4 Å². The largest absolute Gasteiger partial charge is 0.385 e. The van der Waals surface area contributed by atoms with Gasteiger partial charge in [-0.3, -0.25) is 0 Å². The van der Waals surface area contributed by atoms with Crippen LogP contribution in [0.5, 0.6) is 0 Å². The average Bonchev–Trinajstić information content (AvgIpc) is 4.04. The number of ether oxygens (including phenoxy) is 1. The quantitative estimate of drug-likeness (QED) is 0.0769. The lowest BCUT2D eigenvalue weighted by Crippen LogP contribution is -2.18. The van der Waals surface area contributed by atoms with Crippen molar-refractivity contribution in [3.05, 3.63) is 109 Å². The van der Waals surface area contributed by atoms with Crippen LogP contribution in [0.25, 0.3) is 44.1 Å². The van der Waals surface area contributed by atoms with Gasteiger partial charge in [-0.15, -0.1) is 0 Å². The number of hydrogen-bond acceptors (Lipinski definition) is 11. The molecule has 7 heterocycles. The van der Waals surface area contributed by atoms with Gasteiger partial charge < -0.3 is 35.6 Å². The number of aromatic nitrogens is 8. The summed E-state index contributed by atoms with van der Waals surface area (Å²) in [4.78, 5) is 36.2. The van der Waals surface area contributed by atoms with Gasteiger partial charge in [0.15, 0.2) is 11.3 Å². The maximum atomic E-state index is 5.06. The van der Waals surface area contributed by atoms with Crippen LogP contribution >= 0.6 is 0 Å². The third-order valence-electron chi connectivity index (χ3n) is 9.25. The van der Waals surface area contributed by atoms with Crippen molar-refractivity contribution in [2.75, 3.05) is 54.2 Å². The van der Waals surface area contributed by atoms with Gasteiger partial charge in [0.2, 0.25) is 0 Å². The fraction of sp³-hybridized carbons (Fsp3) is 0.286. The van der Waals surface area contributed by atoms with E-state index in [-0.39, 0.29) is 0 Å². The van der Waals surface area contributed by atoms with E-state index in [1.165, 1.54) is 34.7 Å². The Hall–Kier alpha value is -6.34. The predicted molar refractivity (Wildman–Crippen MR) is 224 cm³/mol. The highest BCUT2D eigenvalue weighted by Crippen LogP contribution is 2.22. The van der Waals surface area contributed by atoms with Crippen LogP contribution in [0.15, 0.2) is 97.6 Å². The molecule has 0 bridgehead atoms. The zero-order valence-corrected chi connectivity index (χ0v) is 31.6. The highest BCUT2D eigenvalue weighted by Gasteiger charge is 2.14. The Kier molecular flexibility index (Phi) is 12.2. The lowest BCUT2D eigenvalue weighted by atomic mass is 10.1. The molecule has 0 spiro atoms. The molecule has 0 saturated carbocycles. The Labute approximate surface area is 320 Å². The first-order valence-corrected chi connectivity index (χ1v) is 19.0. The molecule has 0 aliphatic carbocycles. The Morgan fingerprint density at radius 1 is 0.636 bits per heavy atom. The number of fused-ring (bicyclic) bond motifs is 4. The van der Waals surface area contributed by atoms with Gasteiger partial charge in [0.1, 0.15) is 34.3 Å². The predicted octanol–water partition coefficient (Wildman–Crippen LogP) is 8.31. The van der Waals surface area contributed by atoms with Gasteiger partial charge in [-0.05, 0) is 89.7 Å². The molecular weight excluding hydrogens is 689 g/mol. The van der Waals surface area contributed by atoms with Gasteiger partial charge >= 0.3 is 0 Å². The van der Waals surface area contributed by atoms with Crippen LogP contribution in [0.2, 0.25) is 0 Å². The number of aromatic amines is 2. The first-order valence-electron chi connectivity index (χ1n) is 19.0. The zero-order chi connectivity index (χ0) is 37.8. The number of nitrogens with one attached hydrogen (secondary N) is 5. The molecule has 0 unspecified atom stereocenters. The summed E-state index contributed by atoms with van der Waals surface area (Å²) in [7, 11) is 1.70. The van der Waals surface area contributed by atoms with E-state index in [0.29, 0.717) is 30.2 Å². The monoisotopic (exact) mass is 736 g/mol. The van der Waals surface area contributed by atoms with E-state index in [1.54, 1.807) is 19.5 Å². The average molecular weight is 737 g/mol. The summed E-state index contributed by atoms with van der Waals surface area (Å²) < 4.78 is 5.06. The summed E-state index contributed by atoms with van der Waals surface area (Å²) in [6.45, 7) is 9.04. The maximum Gasteiger partial charge on any atom is 0.182 e. The van der Waals surface area contributed by atoms with Crippen LogP contribution in [0.1, 0.15) is 44.2 Å². The highest BCUT2D eigenvalue weighted by atomic mass is 16.5. The molecule has 5 N–H and O–H groups in total. The molecule has 1 aliphatic heterocycles. The second-order valence-electron chi connectivity index (χ2n) is 13.0. The van der Waals surface area contributed by atoms with E-state index < -0.39 is 0 Å². The minimum absolute atomic E-state index is 0.622. The molecule has 282 valence electrons. The van der Waals surface area contributed by atoms with Crippen molar-refractivity contribution in [2.45, 2.75) is 46.2 Å². The molecule has 0 radical (unpaired) electrons. The molecule has 9 rings (SSSR count). The molecule has 1 aliphatic rings.